The number of methoxy groups -OCH3 is 1. The quantitative estimate of drug-likeness (QED) is 0.892. The summed E-state index contributed by atoms with van der Waals surface area (Å²) in [6.45, 7) is 0.617. The smallest absolute Gasteiger partial charge is 0.323 e. The largest absolute Gasteiger partial charge is 0.497 e. The van der Waals surface area contributed by atoms with Gasteiger partial charge in [-0.15, -0.1) is 0 Å². The molecule has 1 aliphatic carbocycles. The maximum absolute atomic E-state index is 13.1. The number of ether oxygens (including phenoxy) is 1. The maximum Gasteiger partial charge on any atom is 0.323 e. The van der Waals surface area contributed by atoms with E-state index in [1.54, 1.807) is 11.8 Å². The van der Waals surface area contributed by atoms with Gasteiger partial charge in [0.25, 0.3) is 0 Å². The SMILES string of the molecule is COc1ccc2c(c1)CN(C(=O)Nc1ccn(C)n1)C(C1CCCCC1)C2. The van der Waals surface area contributed by atoms with Crippen LogP contribution >= 0.6 is 0 Å². The van der Waals surface area contributed by atoms with Crippen molar-refractivity contribution < 1.29 is 9.53 Å². The van der Waals surface area contributed by atoms with Gasteiger partial charge in [-0.1, -0.05) is 25.3 Å². The molecule has 27 heavy (non-hydrogen) atoms. The summed E-state index contributed by atoms with van der Waals surface area (Å²) in [5.74, 6) is 2.01. The van der Waals surface area contributed by atoms with Crippen LogP contribution in [0, 0.1) is 5.92 Å². The minimum Gasteiger partial charge on any atom is -0.497 e. The number of hydrogen-bond donors (Lipinski definition) is 1. The van der Waals surface area contributed by atoms with E-state index in [2.05, 4.69) is 22.5 Å². The van der Waals surface area contributed by atoms with E-state index in [-0.39, 0.29) is 12.1 Å². The van der Waals surface area contributed by atoms with Gasteiger partial charge in [0, 0.05) is 31.9 Å². The first-order valence-corrected chi connectivity index (χ1v) is 9.87. The number of urea groups is 1. The Kier molecular flexibility index (Phi) is 5.05. The monoisotopic (exact) mass is 368 g/mol. The van der Waals surface area contributed by atoms with Gasteiger partial charge >= 0.3 is 6.03 Å². The molecule has 2 heterocycles. The molecule has 0 saturated heterocycles. The van der Waals surface area contributed by atoms with Crippen molar-refractivity contribution in [2.45, 2.75) is 51.1 Å². The van der Waals surface area contributed by atoms with Crippen LogP contribution in [0.2, 0.25) is 0 Å². The summed E-state index contributed by atoms with van der Waals surface area (Å²) >= 11 is 0. The van der Waals surface area contributed by atoms with Gasteiger partial charge in [0.2, 0.25) is 0 Å². The summed E-state index contributed by atoms with van der Waals surface area (Å²) in [6.07, 6.45) is 9.03. The van der Waals surface area contributed by atoms with E-state index in [4.69, 9.17) is 4.74 Å². The molecule has 1 unspecified atom stereocenters. The molecule has 2 aromatic rings. The molecule has 1 atom stereocenters. The van der Waals surface area contributed by atoms with Gasteiger partial charge in [-0.25, -0.2) is 4.79 Å². The third-order valence-electron chi connectivity index (χ3n) is 5.99. The van der Waals surface area contributed by atoms with Gasteiger partial charge in [0.15, 0.2) is 5.82 Å². The van der Waals surface area contributed by atoms with Crippen molar-refractivity contribution in [3.05, 3.63) is 41.6 Å². The molecule has 1 N–H and O–H groups in total. The van der Waals surface area contributed by atoms with E-state index in [0.717, 1.165) is 12.2 Å². The maximum atomic E-state index is 13.1. The average molecular weight is 368 g/mol. The third-order valence-corrected chi connectivity index (χ3v) is 5.99. The van der Waals surface area contributed by atoms with Gasteiger partial charge in [0.1, 0.15) is 5.75 Å². The molecule has 6 heteroatoms. The Hall–Kier alpha value is -2.50. The first-order chi connectivity index (χ1) is 13.1. The average Bonchev–Trinajstić information content (AvgIpc) is 3.11. The van der Waals surface area contributed by atoms with Crippen molar-refractivity contribution in [1.82, 2.24) is 14.7 Å². The number of fused-ring (bicyclic) bond motifs is 1. The van der Waals surface area contributed by atoms with Crippen molar-refractivity contribution in [3.8, 4) is 5.75 Å². The van der Waals surface area contributed by atoms with Crippen LogP contribution in [-0.4, -0.2) is 33.9 Å². The molecule has 4 rings (SSSR count). The van der Waals surface area contributed by atoms with E-state index < -0.39 is 0 Å². The minimum absolute atomic E-state index is 0.0576. The molecule has 0 radical (unpaired) electrons. The minimum atomic E-state index is -0.0576. The van der Waals surface area contributed by atoms with Crippen molar-refractivity contribution in [2.24, 2.45) is 13.0 Å². The Morgan fingerprint density at radius 1 is 1.19 bits per heavy atom. The first-order valence-electron chi connectivity index (χ1n) is 9.87. The van der Waals surface area contributed by atoms with E-state index in [9.17, 15) is 4.79 Å². The zero-order chi connectivity index (χ0) is 18.8. The standard InChI is InChI=1S/C21H28N4O2/c1-24-11-10-20(23-24)22-21(26)25-14-17-12-18(27-2)9-8-16(17)13-19(25)15-6-4-3-5-7-15/h8-12,15,19H,3-7,13-14H2,1-2H3,(H,22,23,26). The number of carbonyl (C=O) groups excluding carboxylic acids is 1. The van der Waals surface area contributed by atoms with E-state index in [1.165, 1.54) is 43.2 Å². The second-order valence-corrected chi connectivity index (χ2v) is 7.74. The van der Waals surface area contributed by atoms with Crippen LogP contribution in [0.25, 0.3) is 0 Å². The highest BCUT2D eigenvalue weighted by atomic mass is 16.5. The van der Waals surface area contributed by atoms with Crippen molar-refractivity contribution in [3.63, 3.8) is 0 Å². The highest BCUT2D eigenvalue weighted by molar-refractivity contribution is 5.88. The molecule has 2 aliphatic rings. The molecule has 2 amide bonds. The zero-order valence-electron chi connectivity index (χ0n) is 16.1. The predicted octanol–water partition coefficient (Wildman–Crippen LogP) is 3.97. The van der Waals surface area contributed by atoms with Crippen LogP contribution in [0.15, 0.2) is 30.5 Å². The lowest BCUT2D eigenvalue weighted by Crippen LogP contribution is -2.50. The summed E-state index contributed by atoms with van der Waals surface area (Å²) in [7, 11) is 3.53. The summed E-state index contributed by atoms with van der Waals surface area (Å²) in [4.78, 5) is 15.1. The second kappa shape index (κ2) is 7.62. The van der Waals surface area contributed by atoms with E-state index in [0.29, 0.717) is 18.3 Å². The number of aromatic nitrogens is 2. The van der Waals surface area contributed by atoms with Crippen LogP contribution < -0.4 is 10.1 Å². The fourth-order valence-electron chi connectivity index (χ4n) is 4.54. The molecule has 6 nitrogen and oxygen atoms in total. The summed E-state index contributed by atoms with van der Waals surface area (Å²) in [5, 5.41) is 7.28. The Balaban J connectivity index is 1.60. The van der Waals surface area contributed by atoms with Crippen LogP contribution in [-0.2, 0) is 20.0 Å². The highest BCUT2D eigenvalue weighted by Gasteiger charge is 2.36. The normalized spacial score (nSPS) is 20.2. The number of benzene rings is 1. The van der Waals surface area contributed by atoms with Gasteiger partial charge in [-0.05, 0) is 48.4 Å². The zero-order valence-corrected chi connectivity index (χ0v) is 16.1. The lowest BCUT2D eigenvalue weighted by atomic mass is 9.78. The molecule has 0 spiro atoms. The number of anilines is 1. The number of aryl methyl sites for hydroxylation is 1. The second-order valence-electron chi connectivity index (χ2n) is 7.74. The van der Waals surface area contributed by atoms with Gasteiger partial charge in [-0.2, -0.15) is 5.10 Å². The van der Waals surface area contributed by atoms with Crippen molar-refractivity contribution in [1.29, 1.82) is 0 Å². The van der Waals surface area contributed by atoms with Crippen LogP contribution in [0.4, 0.5) is 10.6 Å². The first kappa shape index (κ1) is 17.9. The fraction of sp³-hybridized carbons (Fsp3) is 0.524. The third kappa shape index (κ3) is 3.80. The Morgan fingerprint density at radius 2 is 2.00 bits per heavy atom. The van der Waals surface area contributed by atoms with E-state index >= 15 is 0 Å². The van der Waals surface area contributed by atoms with Gasteiger partial charge in [-0.3, -0.25) is 10.00 Å². The predicted molar refractivity (Wildman–Crippen MR) is 105 cm³/mol. The molecular weight excluding hydrogens is 340 g/mol. The van der Waals surface area contributed by atoms with Crippen molar-refractivity contribution in [2.75, 3.05) is 12.4 Å². The Bertz CT molecular complexity index is 810. The number of nitrogens with zero attached hydrogens (tertiary/aromatic N) is 3. The number of amides is 2. The van der Waals surface area contributed by atoms with E-state index in [1.807, 2.05) is 30.3 Å². The van der Waals surface area contributed by atoms with Gasteiger partial charge in [0.05, 0.1) is 7.11 Å². The number of hydrogen-bond acceptors (Lipinski definition) is 3. The summed E-state index contributed by atoms with van der Waals surface area (Å²) < 4.78 is 7.08. The summed E-state index contributed by atoms with van der Waals surface area (Å²) in [6, 6.07) is 8.27. The number of rotatable bonds is 3. The van der Waals surface area contributed by atoms with Gasteiger partial charge < -0.3 is 9.64 Å². The molecular formula is C21H28N4O2. The van der Waals surface area contributed by atoms with Crippen LogP contribution in [0.3, 0.4) is 0 Å². The Morgan fingerprint density at radius 3 is 2.70 bits per heavy atom. The highest BCUT2D eigenvalue weighted by Crippen LogP contribution is 2.36. The van der Waals surface area contributed by atoms with Crippen LogP contribution in [0.5, 0.6) is 5.75 Å². The summed E-state index contributed by atoms with van der Waals surface area (Å²) in [5.41, 5.74) is 2.52. The topological polar surface area (TPSA) is 59.4 Å². The molecule has 144 valence electrons. The fourth-order valence-corrected chi connectivity index (χ4v) is 4.54. The van der Waals surface area contributed by atoms with Crippen LogP contribution in [0.1, 0.15) is 43.2 Å². The molecule has 1 aromatic carbocycles. The molecule has 1 fully saturated rings. The molecule has 0 bridgehead atoms. The molecule has 1 aromatic heterocycles. The lowest BCUT2D eigenvalue weighted by molar-refractivity contribution is 0.125. The lowest BCUT2D eigenvalue weighted by Gasteiger charge is -2.42. The number of nitrogens with one attached hydrogen (secondary N) is 1. The molecule has 1 aliphatic heterocycles. The van der Waals surface area contributed by atoms with Crippen molar-refractivity contribution >= 4 is 11.8 Å². The number of carbonyl (C=O) groups is 1. The Labute approximate surface area is 160 Å². The molecule has 1 saturated carbocycles.